The SMILES string of the molecule is CCOc1ccccc1NC(=S)NNc1nc2ccccc2o1. The Morgan fingerprint density at radius 1 is 1.17 bits per heavy atom. The average Bonchev–Trinajstić information content (AvgIpc) is 2.98. The van der Waals surface area contributed by atoms with Crippen molar-refractivity contribution >= 4 is 40.1 Å². The molecule has 3 N–H and O–H groups in total. The van der Waals surface area contributed by atoms with E-state index in [-0.39, 0.29) is 0 Å². The number of thiocarbonyl (C=S) groups is 1. The molecule has 3 rings (SSSR count). The van der Waals surface area contributed by atoms with Gasteiger partial charge in [-0.2, -0.15) is 4.98 Å². The Labute approximate surface area is 138 Å². The monoisotopic (exact) mass is 328 g/mol. The molecular weight excluding hydrogens is 312 g/mol. The highest BCUT2D eigenvalue weighted by Crippen LogP contribution is 2.23. The van der Waals surface area contributed by atoms with Crippen molar-refractivity contribution in [1.82, 2.24) is 10.4 Å². The minimum Gasteiger partial charge on any atom is -0.492 e. The van der Waals surface area contributed by atoms with Gasteiger partial charge < -0.3 is 14.5 Å². The van der Waals surface area contributed by atoms with Crippen molar-refractivity contribution in [1.29, 1.82) is 0 Å². The fourth-order valence-electron chi connectivity index (χ4n) is 2.04. The summed E-state index contributed by atoms with van der Waals surface area (Å²) >= 11 is 5.25. The summed E-state index contributed by atoms with van der Waals surface area (Å²) in [5.74, 6) is 0.737. The number of hydrazine groups is 1. The molecule has 0 aliphatic carbocycles. The number of ether oxygens (including phenoxy) is 1. The highest BCUT2D eigenvalue weighted by atomic mass is 32.1. The van der Waals surface area contributed by atoms with Gasteiger partial charge in [0.1, 0.15) is 11.3 Å². The normalized spacial score (nSPS) is 10.3. The molecule has 6 nitrogen and oxygen atoms in total. The lowest BCUT2D eigenvalue weighted by molar-refractivity contribution is 0.342. The molecule has 0 fully saturated rings. The van der Waals surface area contributed by atoms with Crippen molar-refractivity contribution in [3.05, 3.63) is 48.5 Å². The lowest BCUT2D eigenvalue weighted by Gasteiger charge is -2.13. The minimum absolute atomic E-state index is 0.341. The van der Waals surface area contributed by atoms with Crippen LogP contribution in [0.15, 0.2) is 52.9 Å². The molecule has 0 bridgehead atoms. The summed E-state index contributed by atoms with van der Waals surface area (Å²) in [5.41, 5.74) is 7.93. The summed E-state index contributed by atoms with van der Waals surface area (Å²) in [4.78, 5) is 4.29. The zero-order chi connectivity index (χ0) is 16.1. The first-order valence-corrected chi connectivity index (χ1v) is 7.57. The van der Waals surface area contributed by atoms with Crippen LogP contribution in [0.4, 0.5) is 11.7 Å². The number of nitrogens with zero attached hydrogens (tertiary/aromatic N) is 1. The molecular formula is C16H16N4O2S. The summed E-state index contributed by atoms with van der Waals surface area (Å²) in [6.45, 7) is 2.52. The minimum atomic E-state index is 0.341. The van der Waals surface area contributed by atoms with E-state index in [0.717, 1.165) is 17.0 Å². The smallest absolute Gasteiger partial charge is 0.315 e. The number of nitrogens with one attached hydrogen (secondary N) is 3. The van der Waals surface area contributed by atoms with Crippen LogP contribution >= 0.6 is 12.2 Å². The van der Waals surface area contributed by atoms with E-state index >= 15 is 0 Å². The molecule has 0 radical (unpaired) electrons. The lowest BCUT2D eigenvalue weighted by Crippen LogP contribution is -2.33. The zero-order valence-corrected chi connectivity index (χ0v) is 13.3. The van der Waals surface area contributed by atoms with E-state index in [0.29, 0.717) is 23.3 Å². The maximum absolute atomic E-state index is 5.54. The molecule has 7 heteroatoms. The molecule has 0 aliphatic heterocycles. The van der Waals surface area contributed by atoms with Crippen LogP contribution in [0.1, 0.15) is 6.92 Å². The van der Waals surface area contributed by atoms with Crippen LogP contribution in [0.3, 0.4) is 0 Å². The third-order valence-corrected chi connectivity index (χ3v) is 3.22. The standard InChI is InChI=1S/C16H16N4O2S/c1-2-21-13-9-5-3-7-11(13)18-16(23)20-19-15-17-12-8-4-6-10-14(12)22-15/h3-10H,2H2,1H3,(H,17,19)(H2,18,20,23). The van der Waals surface area contributed by atoms with Crippen molar-refractivity contribution in [2.45, 2.75) is 6.92 Å². The third kappa shape index (κ3) is 3.70. The fourth-order valence-corrected chi connectivity index (χ4v) is 2.20. The Hall–Kier alpha value is -2.80. The van der Waals surface area contributed by atoms with Crippen LogP contribution in [0, 0.1) is 0 Å². The molecule has 1 aromatic heterocycles. The van der Waals surface area contributed by atoms with Crippen molar-refractivity contribution in [3.8, 4) is 5.75 Å². The highest BCUT2D eigenvalue weighted by molar-refractivity contribution is 7.80. The van der Waals surface area contributed by atoms with Gasteiger partial charge in [-0.25, -0.2) is 0 Å². The number of para-hydroxylation sites is 4. The van der Waals surface area contributed by atoms with Crippen LogP contribution in [-0.4, -0.2) is 16.7 Å². The Morgan fingerprint density at radius 3 is 2.78 bits per heavy atom. The molecule has 0 aliphatic rings. The van der Waals surface area contributed by atoms with Gasteiger partial charge in [0.25, 0.3) is 0 Å². The van der Waals surface area contributed by atoms with Crippen LogP contribution < -0.4 is 20.9 Å². The van der Waals surface area contributed by atoms with E-state index in [9.17, 15) is 0 Å². The first-order valence-electron chi connectivity index (χ1n) is 7.16. The first-order chi connectivity index (χ1) is 11.3. The number of aromatic nitrogens is 1. The second kappa shape index (κ2) is 6.97. The van der Waals surface area contributed by atoms with Gasteiger partial charge in [0.05, 0.1) is 12.3 Å². The molecule has 3 aromatic rings. The number of hydrogen-bond acceptors (Lipinski definition) is 5. The van der Waals surface area contributed by atoms with Gasteiger partial charge in [0, 0.05) is 0 Å². The zero-order valence-electron chi connectivity index (χ0n) is 12.5. The summed E-state index contributed by atoms with van der Waals surface area (Å²) in [5, 5.41) is 3.44. The average molecular weight is 328 g/mol. The highest BCUT2D eigenvalue weighted by Gasteiger charge is 2.07. The summed E-state index contributed by atoms with van der Waals surface area (Å²) in [7, 11) is 0. The summed E-state index contributed by atoms with van der Waals surface area (Å²) < 4.78 is 11.1. The summed E-state index contributed by atoms with van der Waals surface area (Å²) in [6, 6.07) is 15.4. The van der Waals surface area contributed by atoms with Crippen molar-refractivity contribution in [2.24, 2.45) is 0 Å². The molecule has 1 heterocycles. The number of benzene rings is 2. The second-order valence-corrected chi connectivity index (χ2v) is 5.03. The van der Waals surface area contributed by atoms with Crippen LogP contribution in [0.25, 0.3) is 11.1 Å². The predicted octanol–water partition coefficient (Wildman–Crippen LogP) is 3.54. The predicted molar refractivity (Wildman–Crippen MR) is 94.6 cm³/mol. The van der Waals surface area contributed by atoms with E-state index in [1.807, 2.05) is 55.5 Å². The number of anilines is 2. The van der Waals surface area contributed by atoms with Crippen molar-refractivity contribution in [2.75, 3.05) is 17.3 Å². The molecule has 0 unspecified atom stereocenters. The van der Waals surface area contributed by atoms with Crippen molar-refractivity contribution in [3.63, 3.8) is 0 Å². The molecule has 0 amide bonds. The Kier molecular flexibility index (Phi) is 4.58. The van der Waals surface area contributed by atoms with E-state index < -0.39 is 0 Å². The quantitative estimate of drug-likeness (QED) is 0.489. The maximum Gasteiger partial charge on any atom is 0.315 e. The number of hydrogen-bond donors (Lipinski definition) is 3. The molecule has 118 valence electrons. The molecule has 0 saturated carbocycles. The molecule has 23 heavy (non-hydrogen) atoms. The van der Waals surface area contributed by atoms with Gasteiger partial charge >= 0.3 is 6.01 Å². The molecule has 0 spiro atoms. The topological polar surface area (TPSA) is 71.3 Å². The van der Waals surface area contributed by atoms with Gasteiger partial charge in [-0.15, -0.1) is 0 Å². The fraction of sp³-hybridized carbons (Fsp3) is 0.125. The van der Waals surface area contributed by atoms with Gasteiger partial charge in [-0.05, 0) is 43.4 Å². The van der Waals surface area contributed by atoms with Crippen LogP contribution in [0.5, 0.6) is 5.75 Å². The first kappa shape index (κ1) is 15.1. The van der Waals surface area contributed by atoms with Crippen LogP contribution in [-0.2, 0) is 0 Å². The Morgan fingerprint density at radius 2 is 1.96 bits per heavy atom. The number of oxazole rings is 1. The number of rotatable bonds is 5. The maximum atomic E-state index is 5.54. The van der Waals surface area contributed by atoms with E-state index in [1.165, 1.54) is 0 Å². The Bertz CT molecular complexity index is 785. The van der Waals surface area contributed by atoms with E-state index in [2.05, 4.69) is 21.2 Å². The molecule has 0 saturated heterocycles. The summed E-state index contributed by atoms with van der Waals surface area (Å²) in [6.07, 6.45) is 0. The molecule has 2 aromatic carbocycles. The van der Waals surface area contributed by atoms with Gasteiger partial charge in [0.2, 0.25) is 0 Å². The largest absolute Gasteiger partial charge is 0.492 e. The van der Waals surface area contributed by atoms with Gasteiger partial charge in [-0.3, -0.25) is 10.9 Å². The second-order valence-electron chi connectivity index (χ2n) is 4.62. The third-order valence-electron chi connectivity index (χ3n) is 3.01. The van der Waals surface area contributed by atoms with E-state index in [4.69, 9.17) is 21.4 Å². The number of fused-ring (bicyclic) bond motifs is 1. The van der Waals surface area contributed by atoms with E-state index in [1.54, 1.807) is 0 Å². The Balaban J connectivity index is 1.61. The van der Waals surface area contributed by atoms with Crippen LogP contribution in [0.2, 0.25) is 0 Å². The lowest BCUT2D eigenvalue weighted by atomic mass is 10.3. The van der Waals surface area contributed by atoms with Gasteiger partial charge in [0.15, 0.2) is 10.7 Å². The van der Waals surface area contributed by atoms with Gasteiger partial charge in [-0.1, -0.05) is 24.3 Å². The van der Waals surface area contributed by atoms with Crippen molar-refractivity contribution < 1.29 is 9.15 Å². The molecule has 0 atom stereocenters.